The van der Waals surface area contributed by atoms with Crippen molar-refractivity contribution in [2.45, 2.75) is 20.4 Å². The van der Waals surface area contributed by atoms with Crippen LogP contribution in [0.5, 0.6) is 0 Å². The maximum absolute atomic E-state index is 12.2. The highest BCUT2D eigenvalue weighted by Crippen LogP contribution is 2.17. The SMILES string of the molecule is CC#CCn1ccn(-c2cc(Cl)ccc2C)c(=O)c1=O. The van der Waals surface area contributed by atoms with E-state index in [0.29, 0.717) is 10.7 Å². The Morgan fingerprint density at radius 1 is 1.20 bits per heavy atom. The second-order valence-corrected chi connectivity index (χ2v) is 4.70. The Labute approximate surface area is 121 Å². The lowest BCUT2D eigenvalue weighted by Crippen LogP contribution is -2.40. The van der Waals surface area contributed by atoms with Crippen molar-refractivity contribution in [3.8, 4) is 17.5 Å². The molecular weight excluding hydrogens is 276 g/mol. The molecule has 0 spiro atoms. The quantitative estimate of drug-likeness (QED) is 0.626. The summed E-state index contributed by atoms with van der Waals surface area (Å²) < 4.78 is 2.59. The number of rotatable bonds is 2. The van der Waals surface area contributed by atoms with Gasteiger partial charge in [-0.05, 0) is 31.5 Å². The van der Waals surface area contributed by atoms with Crippen molar-refractivity contribution in [1.29, 1.82) is 0 Å². The van der Waals surface area contributed by atoms with E-state index in [2.05, 4.69) is 11.8 Å². The Balaban J connectivity index is 2.62. The Morgan fingerprint density at radius 3 is 2.65 bits per heavy atom. The summed E-state index contributed by atoms with van der Waals surface area (Å²) in [7, 11) is 0. The van der Waals surface area contributed by atoms with E-state index in [1.54, 1.807) is 37.5 Å². The van der Waals surface area contributed by atoms with Gasteiger partial charge in [0.15, 0.2) is 0 Å². The molecule has 1 heterocycles. The van der Waals surface area contributed by atoms with Gasteiger partial charge < -0.3 is 0 Å². The maximum atomic E-state index is 12.2. The molecule has 0 saturated carbocycles. The first-order valence-corrected chi connectivity index (χ1v) is 6.40. The molecule has 0 amide bonds. The van der Waals surface area contributed by atoms with Crippen LogP contribution in [0.2, 0.25) is 5.02 Å². The summed E-state index contributed by atoms with van der Waals surface area (Å²) in [5.41, 5.74) is 0.251. The molecule has 0 N–H and O–H groups in total. The van der Waals surface area contributed by atoms with Crippen molar-refractivity contribution >= 4 is 11.6 Å². The van der Waals surface area contributed by atoms with Crippen molar-refractivity contribution in [3.05, 3.63) is 61.9 Å². The second kappa shape index (κ2) is 5.81. The third-order valence-electron chi connectivity index (χ3n) is 2.92. The first-order valence-electron chi connectivity index (χ1n) is 6.03. The van der Waals surface area contributed by atoms with Crippen LogP contribution in [-0.4, -0.2) is 9.13 Å². The summed E-state index contributed by atoms with van der Waals surface area (Å²) in [6.45, 7) is 3.74. The van der Waals surface area contributed by atoms with Gasteiger partial charge in [-0.2, -0.15) is 0 Å². The van der Waals surface area contributed by atoms with Crippen LogP contribution in [0.1, 0.15) is 12.5 Å². The van der Waals surface area contributed by atoms with E-state index in [1.165, 1.54) is 9.13 Å². The predicted octanol–water partition coefficient (Wildman–Crippen LogP) is 1.98. The summed E-state index contributed by atoms with van der Waals surface area (Å²) in [4.78, 5) is 24.1. The summed E-state index contributed by atoms with van der Waals surface area (Å²) in [5, 5.41) is 0.513. The number of nitrogens with zero attached hydrogens (tertiary/aromatic N) is 2. The van der Waals surface area contributed by atoms with Gasteiger partial charge in [0.2, 0.25) is 0 Å². The molecule has 2 aromatic rings. The van der Waals surface area contributed by atoms with Crippen LogP contribution < -0.4 is 11.1 Å². The van der Waals surface area contributed by atoms with Crippen LogP contribution in [0, 0.1) is 18.8 Å². The van der Waals surface area contributed by atoms with Crippen molar-refractivity contribution in [2.75, 3.05) is 0 Å². The molecule has 0 aliphatic carbocycles. The van der Waals surface area contributed by atoms with Gasteiger partial charge in [-0.3, -0.25) is 18.7 Å². The Morgan fingerprint density at radius 2 is 1.95 bits per heavy atom. The Kier molecular flexibility index (Phi) is 4.11. The minimum Gasteiger partial charge on any atom is -0.298 e. The minimum absolute atomic E-state index is 0.208. The molecule has 2 rings (SSSR count). The van der Waals surface area contributed by atoms with Gasteiger partial charge in [0.05, 0.1) is 12.2 Å². The molecule has 0 aliphatic heterocycles. The largest absolute Gasteiger partial charge is 0.321 e. The van der Waals surface area contributed by atoms with E-state index in [9.17, 15) is 9.59 Å². The molecule has 102 valence electrons. The van der Waals surface area contributed by atoms with E-state index in [4.69, 9.17) is 11.6 Å². The number of aryl methyl sites for hydroxylation is 1. The van der Waals surface area contributed by atoms with Gasteiger partial charge in [-0.25, -0.2) is 0 Å². The van der Waals surface area contributed by atoms with E-state index < -0.39 is 11.1 Å². The highest BCUT2D eigenvalue weighted by atomic mass is 35.5. The molecule has 0 unspecified atom stereocenters. The van der Waals surface area contributed by atoms with Gasteiger partial charge in [-0.1, -0.05) is 23.6 Å². The molecule has 0 radical (unpaired) electrons. The fraction of sp³-hybridized carbons (Fsp3) is 0.200. The van der Waals surface area contributed by atoms with E-state index in [-0.39, 0.29) is 6.54 Å². The molecular formula is C15H13ClN2O2. The van der Waals surface area contributed by atoms with E-state index >= 15 is 0 Å². The molecule has 1 aromatic heterocycles. The first-order chi connectivity index (χ1) is 9.54. The number of aromatic nitrogens is 2. The molecule has 0 aliphatic rings. The third kappa shape index (κ3) is 2.68. The molecule has 20 heavy (non-hydrogen) atoms. The van der Waals surface area contributed by atoms with Crippen LogP contribution in [0.25, 0.3) is 5.69 Å². The summed E-state index contributed by atoms with van der Waals surface area (Å²) in [5.74, 6) is 5.45. The minimum atomic E-state index is -0.615. The smallest absolute Gasteiger partial charge is 0.298 e. The van der Waals surface area contributed by atoms with Crippen LogP contribution >= 0.6 is 11.6 Å². The highest BCUT2D eigenvalue weighted by molar-refractivity contribution is 6.30. The van der Waals surface area contributed by atoms with Gasteiger partial charge in [-0.15, -0.1) is 5.92 Å². The number of hydrogen-bond acceptors (Lipinski definition) is 2. The van der Waals surface area contributed by atoms with Crippen molar-refractivity contribution < 1.29 is 0 Å². The predicted molar refractivity (Wildman–Crippen MR) is 79.5 cm³/mol. The second-order valence-electron chi connectivity index (χ2n) is 4.26. The lowest BCUT2D eigenvalue weighted by molar-refractivity contribution is 0.743. The van der Waals surface area contributed by atoms with Crippen LogP contribution in [0.4, 0.5) is 0 Å². The lowest BCUT2D eigenvalue weighted by atomic mass is 10.2. The zero-order valence-corrected chi connectivity index (χ0v) is 11.9. The molecule has 0 saturated heterocycles. The average molecular weight is 289 g/mol. The zero-order valence-electron chi connectivity index (χ0n) is 11.2. The zero-order chi connectivity index (χ0) is 14.7. The summed E-state index contributed by atoms with van der Waals surface area (Å²) >= 11 is 5.94. The molecule has 0 fully saturated rings. The molecule has 0 bridgehead atoms. The summed E-state index contributed by atoms with van der Waals surface area (Å²) in [6.07, 6.45) is 3.11. The Hall–Kier alpha value is -2.25. The topological polar surface area (TPSA) is 44.0 Å². The average Bonchev–Trinajstić information content (AvgIpc) is 2.43. The lowest BCUT2D eigenvalue weighted by Gasteiger charge is -2.10. The molecule has 5 heteroatoms. The molecule has 1 aromatic carbocycles. The van der Waals surface area contributed by atoms with Crippen LogP contribution in [0.3, 0.4) is 0 Å². The normalized spacial score (nSPS) is 9.95. The highest BCUT2D eigenvalue weighted by Gasteiger charge is 2.08. The van der Waals surface area contributed by atoms with Gasteiger partial charge >= 0.3 is 11.1 Å². The fourth-order valence-corrected chi connectivity index (χ4v) is 2.00. The monoisotopic (exact) mass is 288 g/mol. The third-order valence-corrected chi connectivity index (χ3v) is 3.15. The van der Waals surface area contributed by atoms with Crippen LogP contribution in [0.15, 0.2) is 40.2 Å². The van der Waals surface area contributed by atoms with Gasteiger partial charge in [0, 0.05) is 17.4 Å². The van der Waals surface area contributed by atoms with E-state index in [1.807, 2.05) is 6.92 Å². The fourth-order valence-electron chi connectivity index (χ4n) is 1.83. The van der Waals surface area contributed by atoms with Gasteiger partial charge in [0.25, 0.3) is 0 Å². The van der Waals surface area contributed by atoms with Crippen molar-refractivity contribution in [1.82, 2.24) is 9.13 Å². The first kappa shape index (κ1) is 14.2. The standard InChI is InChI=1S/C15H13ClN2O2/c1-3-4-7-17-8-9-18(15(20)14(17)19)13-10-12(16)6-5-11(13)2/h5-6,8-10H,7H2,1-2H3. The number of halogens is 1. The van der Waals surface area contributed by atoms with Crippen molar-refractivity contribution in [3.63, 3.8) is 0 Å². The molecule has 4 nitrogen and oxygen atoms in total. The molecule has 0 atom stereocenters. The number of hydrogen-bond donors (Lipinski definition) is 0. The van der Waals surface area contributed by atoms with Gasteiger partial charge in [0.1, 0.15) is 0 Å². The maximum Gasteiger partial charge on any atom is 0.321 e. The Bertz CT molecular complexity index is 822. The van der Waals surface area contributed by atoms with E-state index in [0.717, 1.165) is 5.56 Å². The summed E-state index contributed by atoms with van der Waals surface area (Å²) in [6, 6.07) is 5.20. The van der Waals surface area contributed by atoms with Crippen molar-refractivity contribution in [2.24, 2.45) is 0 Å². The number of benzene rings is 1. The van der Waals surface area contributed by atoms with Crippen LogP contribution in [-0.2, 0) is 6.54 Å².